The maximum absolute atomic E-state index is 5.87. The number of hydrogen-bond donors (Lipinski definition) is 0. The van der Waals surface area contributed by atoms with E-state index in [1.54, 1.807) is 14.2 Å². The molecule has 0 unspecified atom stereocenters. The van der Waals surface area contributed by atoms with Gasteiger partial charge in [-0.1, -0.05) is 0 Å². The lowest BCUT2D eigenvalue weighted by Gasteiger charge is -2.41. The van der Waals surface area contributed by atoms with Crippen LogP contribution in [0.4, 0.5) is 0 Å². The molecule has 3 heteroatoms. The summed E-state index contributed by atoms with van der Waals surface area (Å²) < 4.78 is 16.4. The fourth-order valence-corrected chi connectivity index (χ4v) is 2.09. The monoisotopic (exact) mass is 188 g/mol. The van der Waals surface area contributed by atoms with E-state index in [4.69, 9.17) is 14.2 Å². The molecule has 1 aliphatic heterocycles. The molecule has 0 aromatic carbocycles. The Labute approximate surface area is 80.4 Å². The summed E-state index contributed by atoms with van der Waals surface area (Å²) in [4.78, 5) is 0. The highest BCUT2D eigenvalue weighted by Crippen LogP contribution is 2.32. The Kier molecular flexibility index (Phi) is 3.71. The zero-order chi connectivity index (χ0) is 9.90. The normalized spacial score (nSPS) is 35.3. The molecular formula is C10H20O3. The third kappa shape index (κ3) is 2.42. The quantitative estimate of drug-likeness (QED) is 0.634. The molecule has 1 saturated heterocycles. The highest BCUT2D eigenvalue weighted by molar-refractivity contribution is 4.84. The number of ether oxygens (including phenoxy) is 3. The smallest absolute Gasteiger partial charge is 0.185 e. The maximum Gasteiger partial charge on any atom is 0.185 e. The van der Waals surface area contributed by atoms with Gasteiger partial charge in [0.25, 0.3) is 0 Å². The van der Waals surface area contributed by atoms with Gasteiger partial charge in [-0.2, -0.15) is 0 Å². The van der Waals surface area contributed by atoms with Crippen molar-refractivity contribution in [1.29, 1.82) is 0 Å². The lowest BCUT2D eigenvalue weighted by Crippen LogP contribution is -2.48. The summed E-state index contributed by atoms with van der Waals surface area (Å²) in [6, 6.07) is 0. The van der Waals surface area contributed by atoms with Gasteiger partial charge in [-0.25, -0.2) is 0 Å². The van der Waals surface area contributed by atoms with Gasteiger partial charge in [0.15, 0.2) is 6.29 Å². The third-order valence-electron chi connectivity index (χ3n) is 2.68. The fraction of sp³-hybridized carbons (Fsp3) is 1.00. The van der Waals surface area contributed by atoms with E-state index in [0.717, 1.165) is 12.8 Å². The molecule has 2 atom stereocenters. The van der Waals surface area contributed by atoms with Crippen molar-refractivity contribution in [2.24, 2.45) is 0 Å². The van der Waals surface area contributed by atoms with Crippen LogP contribution in [0.3, 0.4) is 0 Å². The van der Waals surface area contributed by atoms with Crippen LogP contribution in [0.5, 0.6) is 0 Å². The first kappa shape index (κ1) is 11.0. The van der Waals surface area contributed by atoms with Crippen LogP contribution >= 0.6 is 0 Å². The van der Waals surface area contributed by atoms with Crippen molar-refractivity contribution in [2.75, 3.05) is 14.2 Å². The highest BCUT2D eigenvalue weighted by atomic mass is 16.7. The molecule has 1 heterocycles. The summed E-state index contributed by atoms with van der Waals surface area (Å²) >= 11 is 0. The number of rotatable bonds is 3. The van der Waals surface area contributed by atoms with E-state index in [0.29, 0.717) is 6.10 Å². The van der Waals surface area contributed by atoms with Crippen molar-refractivity contribution in [3.05, 3.63) is 0 Å². The van der Waals surface area contributed by atoms with Gasteiger partial charge in [0, 0.05) is 14.2 Å². The molecule has 1 aliphatic rings. The minimum atomic E-state index is -0.277. The standard InChI is InChI=1S/C10H20O3/c1-8-6-5-7-10(2,13-8)9(11-3)12-4/h8-9H,5-7H2,1-4H3/t8-,10-/m1/s1. The van der Waals surface area contributed by atoms with E-state index < -0.39 is 0 Å². The first-order valence-corrected chi connectivity index (χ1v) is 4.86. The summed E-state index contributed by atoms with van der Waals surface area (Å²) in [5, 5.41) is 0. The minimum absolute atomic E-state index is 0.254. The summed E-state index contributed by atoms with van der Waals surface area (Å²) in [5.74, 6) is 0. The number of methoxy groups -OCH3 is 2. The lowest BCUT2D eigenvalue weighted by molar-refractivity contribution is -0.254. The molecule has 1 fully saturated rings. The summed E-state index contributed by atoms with van der Waals surface area (Å²) in [7, 11) is 3.31. The lowest BCUT2D eigenvalue weighted by atomic mass is 9.93. The molecule has 0 aliphatic carbocycles. The Morgan fingerprint density at radius 1 is 1.38 bits per heavy atom. The second-order valence-corrected chi connectivity index (χ2v) is 3.94. The Balaban J connectivity index is 2.61. The van der Waals surface area contributed by atoms with Crippen molar-refractivity contribution in [3.8, 4) is 0 Å². The van der Waals surface area contributed by atoms with Crippen LogP contribution in [0.25, 0.3) is 0 Å². The second-order valence-electron chi connectivity index (χ2n) is 3.94. The topological polar surface area (TPSA) is 27.7 Å². The van der Waals surface area contributed by atoms with E-state index in [1.807, 2.05) is 0 Å². The third-order valence-corrected chi connectivity index (χ3v) is 2.68. The van der Waals surface area contributed by atoms with Crippen LogP contribution < -0.4 is 0 Å². The van der Waals surface area contributed by atoms with Gasteiger partial charge in [0.05, 0.1) is 6.10 Å². The van der Waals surface area contributed by atoms with E-state index in [9.17, 15) is 0 Å². The van der Waals surface area contributed by atoms with E-state index in [1.165, 1.54) is 6.42 Å². The second kappa shape index (κ2) is 4.40. The minimum Gasteiger partial charge on any atom is -0.367 e. The average Bonchev–Trinajstić information content (AvgIpc) is 2.05. The molecule has 0 aromatic rings. The van der Waals surface area contributed by atoms with Crippen molar-refractivity contribution >= 4 is 0 Å². The molecule has 0 radical (unpaired) electrons. The molecule has 0 amide bonds. The fourth-order valence-electron chi connectivity index (χ4n) is 2.09. The molecule has 0 bridgehead atoms. The van der Waals surface area contributed by atoms with Crippen LogP contribution in [0.1, 0.15) is 33.1 Å². The van der Waals surface area contributed by atoms with Crippen LogP contribution in [0.15, 0.2) is 0 Å². The molecule has 0 spiro atoms. The Morgan fingerprint density at radius 3 is 2.46 bits per heavy atom. The SMILES string of the molecule is COC(OC)[C@@]1(C)CCC[C@@H](C)O1. The van der Waals surface area contributed by atoms with E-state index in [2.05, 4.69) is 13.8 Å². The summed E-state index contributed by atoms with van der Waals surface area (Å²) in [5.41, 5.74) is -0.277. The van der Waals surface area contributed by atoms with Gasteiger partial charge in [-0.3, -0.25) is 0 Å². The molecule has 0 saturated carbocycles. The van der Waals surface area contributed by atoms with Crippen LogP contribution in [-0.4, -0.2) is 32.2 Å². The van der Waals surface area contributed by atoms with Gasteiger partial charge in [-0.15, -0.1) is 0 Å². The molecule has 0 N–H and O–H groups in total. The average molecular weight is 188 g/mol. The Hall–Kier alpha value is -0.120. The molecule has 13 heavy (non-hydrogen) atoms. The van der Waals surface area contributed by atoms with Crippen molar-refractivity contribution in [2.45, 2.75) is 51.1 Å². The zero-order valence-electron chi connectivity index (χ0n) is 9.00. The Bertz CT molecular complexity index is 156. The van der Waals surface area contributed by atoms with E-state index in [-0.39, 0.29) is 11.9 Å². The predicted octanol–water partition coefficient (Wildman–Crippen LogP) is 1.95. The van der Waals surface area contributed by atoms with Gasteiger partial charge >= 0.3 is 0 Å². The first-order chi connectivity index (χ1) is 6.12. The van der Waals surface area contributed by atoms with Crippen molar-refractivity contribution in [3.63, 3.8) is 0 Å². The zero-order valence-corrected chi connectivity index (χ0v) is 9.00. The first-order valence-electron chi connectivity index (χ1n) is 4.86. The predicted molar refractivity (Wildman–Crippen MR) is 50.6 cm³/mol. The largest absolute Gasteiger partial charge is 0.367 e. The number of hydrogen-bond acceptors (Lipinski definition) is 3. The molecule has 3 nitrogen and oxygen atoms in total. The summed E-state index contributed by atoms with van der Waals surface area (Å²) in [6.45, 7) is 4.15. The highest BCUT2D eigenvalue weighted by Gasteiger charge is 2.39. The van der Waals surface area contributed by atoms with Gasteiger partial charge in [-0.05, 0) is 33.1 Å². The van der Waals surface area contributed by atoms with Crippen LogP contribution in [-0.2, 0) is 14.2 Å². The van der Waals surface area contributed by atoms with Gasteiger partial charge in [0.2, 0.25) is 0 Å². The van der Waals surface area contributed by atoms with Crippen molar-refractivity contribution < 1.29 is 14.2 Å². The Morgan fingerprint density at radius 2 is 2.00 bits per heavy atom. The van der Waals surface area contributed by atoms with E-state index >= 15 is 0 Å². The van der Waals surface area contributed by atoms with Gasteiger partial charge < -0.3 is 14.2 Å². The molecule has 78 valence electrons. The molecule has 1 rings (SSSR count). The molecular weight excluding hydrogens is 168 g/mol. The van der Waals surface area contributed by atoms with Crippen LogP contribution in [0, 0.1) is 0 Å². The maximum atomic E-state index is 5.87. The van der Waals surface area contributed by atoms with Crippen LogP contribution in [0.2, 0.25) is 0 Å². The van der Waals surface area contributed by atoms with Crippen molar-refractivity contribution in [1.82, 2.24) is 0 Å². The van der Waals surface area contributed by atoms with Gasteiger partial charge in [0.1, 0.15) is 5.60 Å². The summed E-state index contributed by atoms with van der Waals surface area (Å²) in [6.07, 6.45) is 3.38. The molecule has 0 aromatic heterocycles.